The van der Waals surface area contributed by atoms with Gasteiger partial charge in [-0.15, -0.1) is 0 Å². The highest BCUT2D eigenvalue weighted by molar-refractivity contribution is 6.04. The number of carbonyl (C=O) groups excluding carboxylic acids is 1. The van der Waals surface area contributed by atoms with Crippen molar-refractivity contribution in [2.24, 2.45) is 0 Å². The largest absolute Gasteiger partial charge is 0.309 e. The standard InChI is InChI=1S/C15H15N3O/c1-10(2)18-14-5-3-4-11(12(14)8-15(18)19)13-9-16-6-7-17-13/h3-7,9-10H,8H2,1-2H3. The van der Waals surface area contributed by atoms with E-state index in [0.29, 0.717) is 6.42 Å². The minimum absolute atomic E-state index is 0.154. The number of aromatic nitrogens is 2. The Balaban J connectivity index is 2.15. The van der Waals surface area contributed by atoms with E-state index in [4.69, 9.17) is 0 Å². The molecule has 2 heterocycles. The average Bonchev–Trinajstić information content (AvgIpc) is 2.75. The maximum absolute atomic E-state index is 12.1. The predicted molar refractivity (Wildman–Crippen MR) is 73.8 cm³/mol. The van der Waals surface area contributed by atoms with Gasteiger partial charge in [-0.2, -0.15) is 0 Å². The molecule has 0 aliphatic carbocycles. The second-order valence-electron chi connectivity index (χ2n) is 4.93. The summed E-state index contributed by atoms with van der Waals surface area (Å²) < 4.78 is 0. The molecule has 1 aliphatic rings. The van der Waals surface area contributed by atoms with Crippen LogP contribution in [0.2, 0.25) is 0 Å². The van der Waals surface area contributed by atoms with Crippen LogP contribution in [0, 0.1) is 0 Å². The zero-order chi connectivity index (χ0) is 13.4. The minimum Gasteiger partial charge on any atom is -0.309 e. The Labute approximate surface area is 112 Å². The van der Waals surface area contributed by atoms with Crippen LogP contribution < -0.4 is 4.90 Å². The van der Waals surface area contributed by atoms with Gasteiger partial charge in [0, 0.05) is 29.7 Å². The van der Waals surface area contributed by atoms with E-state index < -0.39 is 0 Å². The van der Waals surface area contributed by atoms with Gasteiger partial charge in [0.1, 0.15) is 0 Å². The van der Waals surface area contributed by atoms with E-state index in [1.165, 1.54) is 0 Å². The van der Waals surface area contributed by atoms with Gasteiger partial charge in [0.15, 0.2) is 0 Å². The molecule has 4 nitrogen and oxygen atoms in total. The van der Waals surface area contributed by atoms with Gasteiger partial charge in [-0.25, -0.2) is 0 Å². The first-order valence-electron chi connectivity index (χ1n) is 6.39. The second-order valence-corrected chi connectivity index (χ2v) is 4.93. The summed E-state index contributed by atoms with van der Waals surface area (Å²) in [6.07, 6.45) is 5.50. The van der Waals surface area contributed by atoms with Crippen LogP contribution in [-0.2, 0) is 11.2 Å². The molecule has 4 heteroatoms. The number of nitrogens with zero attached hydrogens (tertiary/aromatic N) is 3. The number of fused-ring (bicyclic) bond motifs is 1. The summed E-state index contributed by atoms with van der Waals surface area (Å²) in [5, 5.41) is 0. The number of hydrogen-bond donors (Lipinski definition) is 0. The Kier molecular flexibility index (Phi) is 2.78. The molecule has 96 valence electrons. The van der Waals surface area contributed by atoms with Gasteiger partial charge in [0.2, 0.25) is 5.91 Å². The van der Waals surface area contributed by atoms with Crippen molar-refractivity contribution in [2.75, 3.05) is 4.90 Å². The highest BCUT2D eigenvalue weighted by Gasteiger charge is 2.31. The molecule has 0 saturated heterocycles. The number of benzene rings is 1. The Bertz CT molecular complexity index is 623. The fourth-order valence-corrected chi connectivity index (χ4v) is 2.60. The van der Waals surface area contributed by atoms with Crippen LogP contribution in [0.5, 0.6) is 0 Å². The predicted octanol–water partition coefficient (Wildman–Crippen LogP) is 2.44. The van der Waals surface area contributed by atoms with Crippen LogP contribution in [0.1, 0.15) is 19.4 Å². The number of anilines is 1. The topological polar surface area (TPSA) is 46.1 Å². The van der Waals surface area contributed by atoms with Crippen LogP contribution >= 0.6 is 0 Å². The molecule has 1 aliphatic heterocycles. The van der Waals surface area contributed by atoms with Crippen molar-refractivity contribution < 1.29 is 4.79 Å². The van der Waals surface area contributed by atoms with E-state index in [9.17, 15) is 4.79 Å². The highest BCUT2D eigenvalue weighted by Crippen LogP contribution is 2.36. The second kappa shape index (κ2) is 4.46. The van der Waals surface area contributed by atoms with Crippen LogP contribution in [0.4, 0.5) is 5.69 Å². The quantitative estimate of drug-likeness (QED) is 0.825. The van der Waals surface area contributed by atoms with Crippen LogP contribution in [0.25, 0.3) is 11.3 Å². The summed E-state index contributed by atoms with van der Waals surface area (Å²) in [5.74, 6) is 0.154. The number of hydrogen-bond acceptors (Lipinski definition) is 3. The fourth-order valence-electron chi connectivity index (χ4n) is 2.60. The van der Waals surface area contributed by atoms with Crippen molar-refractivity contribution in [2.45, 2.75) is 26.3 Å². The zero-order valence-electron chi connectivity index (χ0n) is 11.0. The van der Waals surface area contributed by atoms with Gasteiger partial charge >= 0.3 is 0 Å². The molecule has 19 heavy (non-hydrogen) atoms. The van der Waals surface area contributed by atoms with E-state index in [-0.39, 0.29) is 11.9 Å². The summed E-state index contributed by atoms with van der Waals surface area (Å²) in [6.45, 7) is 4.06. The molecular formula is C15H15N3O. The Morgan fingerprint density at radius 1 is 1.26 bits per heavy atom. The molecule has 1 amide bonds. The summed E-state index contributed by atoms with van der Waals surface area (Å²) in [5.41, 5.74) is 3.88. The smallest absolute Gasteiger partial charge is 0.231 e. The summed E-state index contributed by atoms with van der Waals surface area (Å²) in [6, 6.07) is 6.14. The summed E-state index contributed by atoms with van der Waals surface area (Å²) >= 11 is 0. The number of rotatable bonds is 2. The molecule has 0 radical (unpaired) electrons. The van der Waals surface area contributed by atoms with Gasteiger partial charge in [0.05, 0.1) is 18.3 Å². The van der Waals surface area contributed by atoms with Gasteiger partial charge in [0.25, 0.3) is 0 Å². The molecule has 0 unspecified atom stereocenters. The molecule has 0 bridgehead atoms. The normalized spacial score (nSPS) is 14.1. The lowest BCUT2D eigenvalue weighted by Gasteiger charge is -2.22. The first-order chi connectivity index (χ1) is 9.18. The summed E-state index contributed by atoms with van der Waals surface area (Å²) in [4.78, 5) is 22.4. The molecule has 0 fully saturated rings. The lowest BCUT2D eigenvalue weighted by molar-refractivity contribution is -0.117. The maximum atomic E-state index is 12.1. The first-order valence-corrected chi connectivity index (χ1v) is 6.39. The van der Waals surface area contributed by atoms with Crippen LogP contribution in [0.15, 0.2) is 36.8 Å². The lowest BCUT2D eigenvalue weighted by atomic mass is 10.0. The maximum Gasteiger partial charge on any atom is 0.231 e. The van der Waals surface area contributed by atoms with E-state index >= 15 is 0 Å². The Morgan fingerprint density at radius 2 is 2.11 bits per heavy atom. The molecule has 0 atom stereocenters. The van der Waals surface area contributed by atoms with Crippen molar-refractivity contribution in [3.8, 4) is 11.3 Å². The first kappa shape index (κ1) is 11.8. The molecule has 0 saturated carbocycles. The lowest BCUT2D eigenvalue weighted by Crippen LogP contribution is -2.33. The third-order valence-electron chi connectivity index (χ3n) is 3.36. The Hall–Kier alpha value is -2.23. The monoisotopic (exact) mass is 253 g/mol. The van der Waals surface area contributed by atoms with Gasteiger partial charge in [-0.3, -0.25) is 14.8 Å². The van der Waals surface area contributed by atoms with Crippen molar-refractivity contribution in [3.05, 3.63) is 42.4 Å². The molecule has 1 aromatic carbocycles. The van der Waals surface area contributed by atoms with Crippen molar-refractivity contribution >= 4 is 11.6 Å². The number of carbonyl (C=O) groups is 1. The third kappa shape index (κ3) is 1.89. The van der Waals surface area contributed by atoms with E-state index in [1.54, 1.807) is 18.6 Å². The Morgan fingerprint density at radius 3 is 2.79 bits per heavy atom. The molecule has 0 N–H and O–H groups in total. The van der Waals surface area contributed by atoms with Crippen molar-refractivity contribution in [1.82, 2.24) is 9.97 Å². The molecular weight excluding hydrogens is 238 g/mol. The van der Waals surface area contributed by atoms with Gasteiger partial charge in [-0.1, -0.05) is 12.1 Å². The van der Waals surface area contributed by atoms with E-state index in [1.807, 2.05) is 36.9 Å². The number of amides is 1. The molecule has 3 rings (SSSR count). The molecule has 1 aromatic heterocycles. The van der Waals surface area contributed by atoms with E-state index in [2.05, 4.69) is 9.97 Å². The van der Waals surface area contributed by atoms with E-state index in [0.717, 1.165) is 22.5 Å². The fraction of sp³-hybridized carbons (Fsp3) is 0.267. The third-order valence-corrected chi connectivity index (χ3v) is 3.36. The average molecular weight is 253 g/mol. The van der Waals surface area contributed by atoms with Crippen LogP contribution in [0.3, 0.4) is 0 Å². The SMILES string of the molecule is CC(C)N1C(=O)Cc2c(-c3cnccn3)cccc21. The molecule has 2 aromatic rings. The van der Waals surface area contributed by atoms with Crippen LogP contribution in [-0.4, -0.2) is 21.9 Å². The molecule has 0 spiro atoms. The van der Waals surface area contributed by atoms with Crippen molar-refractivity contribution in [1.29, 1.82) is 0 Å². The summed E-state index contributed by atoms with van der Waals surface area (Å²) in [7, 11) is 0. The van der Waals surface area contributed by atoms with Gasteiger partial charge < -0.3 is 4.90 Å². The van der Waals surface area contributed by atoms with Gasteiger partial charge in [-0.05, 0) is 25.5 Å². The minimum atomic E-state index is 0.154. The highest BCUT2D eigenvalue weighted by atomic mass is 16.2. The van der Waals surface area contributed by atoms with Crippen molar-refractivity contribution in [3.63, 3.8) is 0 Å². The zero-order valence-corrected chi connectivity index (χ0v) is 11.0.